The van der Waals surface area contributed by atoms with Crippen molar-refractivity contribution in [2.45, 2.75) is 45.7 Å². The average molecular weight is 382 g/mol. The molecule has 0 spiro atoms. The van der Waals surface area contributed by atoms with Crippen LogP contribution in [0.5, 0.6) is 0 Å². The van der Waals surface area contributed by atoms with E-state index < -0.39 is 0 Å². The molecule has 27 heavy (non-hydrogen) atoms. The number of unbranched alkanes of at least 4 members (excludes halogenated alkanes) is 1. The summed E-state index contributed by atoms with van der Waals surface area (Å²) in [5.74, 6) is 1.87. The number of aromatic nitrogens is 4. The number of halogens is 1. The van der Waals surface area contributed by atoms with Gasteiger partial charge in [-0.25, -0.2) is 15.0 Å². The van der Waals surface area contributed by atoms with Gasteiger partial charge in [0.05, 0.1) is 5.69 Å². The number of rotatable bonds is 6. The summed E-state index contributed by atoms with van der Waals surface area (Å²) >= 11 is 5.97. The fourth-order valence-corrected chi connectivity index (χ4v) is 3.57. The average Bonchev–Trinajstić information content (AvgIpc) is 3.14. The van der Waals surface area contributed by atoms with Gasteiger partial charge in [-0.15, -0.1) is 0 Å². The van der Waals surface area contributed by atoms with Crippen molar-refractivity contribution in [2.24, 2.45) is 0 Å². The molecule has 1 aromatic carbocycles. The number of hydrogen-bond donors (Lipinski definition) is 1. The Kier molecular flexibility index (Phi) is 5.50. The van der Waals surface area contributed by atoms with Crippen molar-refractivity contribution in [3.8, 4) is 11.4 Å². The van der Waals surface area contributed by atoms with Gasteiger partial charge in [0, 0.05) is 66.7 Å². The first-order chi connectivity index (χ1) is 13.2. The number of fused-ring (bicyclic) bond motifs is 1. The molecule has 0 saturated carbocycles. The molecule has 3 aromatic rings. The van der Waals surface area contributed by atoms with Gasteiger partial charge in [-0.3, -0.25) is 4.90 Å². The summed E-state index contributed by atoms with van der Waals surface area (Å²) in [7, 11) is 0. The molecule has 0 bridgehead atoms. The minimum atomic E-state index is 0.726. The van der Waals surface area contributed by atoms with Gasteiger partial charge in [0.1, 0.15) is 5.82 Å². The van der Waals surface area contributed by atoms with Crippen molar-refractivity contribution in [2.75, 3.05) is 6.54 Å². The number of H-pyrrole nitrogens is 1. The summed E-state index contributed by atoms with van der Waals surface area (Å²) in [6.45, 7) is 4.96. The molecule has 1 aliphatic rings. The first-order valence-electron chi connectivity index (χ1n) is 9.57. The molecule has 0 radical (unpaired) electrons. The van der Waals surface area contributed by atoms with Crippen LogP contribution in [0.1, 0.15) is 42.5 Å². The lowest BCUT2D eigenvalue weighted by Gasteiger charge is -2.27. The van der Waals surface area contributed by atoms with E-state index in [2.05, 4.69) is 26.8 Å². The Labute approximate surface area is 164 Å². The lowest BCUT2D eigenvalue weighted by molar-refractivity contribution is 0.240. The smallest absolute Gasteiger partial charge is 0.159 e. The van der Waals surface area contributed by atoms with Crippen LogP contribution in [0.4, 0.5) is 0 Å². The van der Waals surface area contributed by atoms with E-state index in [-0.39, 0.29) is 0 Å². The fraction of sp³-hybridized carbons (Fsp3) is 0.381. The van der Waals surface area contributed by atoms with E-state index in [1.54, 1.807) is 0 Å². The highest BCUT2D eigenvalue weighted by atomic mass is 35.5. The van der Waals surface area contributed by atoms with Crippen molar-refractivity contribution < 1.29 is 0 Å². The van der Waals surface area contributed by atoms with Crippen LogP contribution < -0.4 is 0 Å². The van der Waals surface area contributed by atoms with Gasteiger partial charge in [0.15, 0.2) is 5.82 Å². The Morgan fingerprint density at radius 1 is 1.15 bits per heavy atom. The maximum Gasteiger partial charge on any atom is 0.159 e. The molecule has 5 nitrogen and oxygen atoms in total. The van der Waals surface area contributed by atoms with Gasteiger partial charge in [0.25, 0.3) is 0 Å². The Bertz CT molecular complexity index is 903. The molecule has 2 aromatic heterocycles. The van der Waals surface area contributed by atoms with E-state index in [0.717, 1.165) is 60.4 Å². The minimum absolute atomic E-state index is 0.726. The summed E-state index contributed by atoms with van der Waals surface area (Å²) in [4.78, 5) is 19.7. The van der Waals surface area contributed by atoms with Gasteiger partial charge in [-0.05, 0) is 30.7 Å². The number of aryl methyl sites for hydroxylation is 1. The molecule has 3 heterocycles. The SMILES string of the molecule is CCCCc1ncc(CN2CCc3nc(-c4ccc(Cl)cc4)ncc3C2)[nH]1. The van der Waals surface area contributed by atoms with Crippen molar-refractivity contribution in [3.63, 3.8) is 0 Å². The van der Waals surface area contributed by atoms with Crippen molar-refractivity contribution in [1.29, 1.82) is 0 Å². The van der Waals surface area contributed by atoms with E-state index in [1.807, 2.05) is 36.7 Å². The second-order valence-corrected chi connectivity index (χ2v) is 7.53. The number of imidazole rings is 1. The van der Waals surface area contributed by atoms with E-state index in [4.69, 9.17) is 16.6 Å². The monoisotopic (exact) mass is 381 g/mol. The van der Waals surface area contributed by atoms with E-state index in [9.17, 15) is 0 Å². The first-order valence-corrected chi connectivity index (χ1v) is 9.95. The Hall–Kier alpha value is -2.24. The van der Waals surface area contributed by atoms with Crippen LogP contribution in [-0.4, -0.2) is 31.4 Å². The van der Waals surface area contributed by atoms with Crippen LogP contribution in [-0.2, 0) is 25.9 Å². The Morgan fingerprint density at radius 2 is 2.00 bits per heavy atom. The fourth-order valence-electron chi connectivity index (χ4n) is 3.45. The minimum Gasteiger partial charge on any atom is -0.345 e. The van der Waals surface area contributed by atoms with Crippen molar-refractivity contribution >= 4 is 11.6 Å². The molecule has 1 N–H and O–H groups in total. The van der Waals surface area contributed by atoms with Crippen molar-refractivity contribution in [3.05, 3.63) is 64.5 Å². The summed E-state index contributed by atoms with van der Waals surface area (Å²) in [6, 6.07) is 7.68. The second kappa shape index (κ2) is 8.19. The molecular weight excluding hydrogens is 358 g/mol. The molecule has 1 aliphatic heterocycles. The predicted molar refractivity (Wildman–Crippen MR) is 107 cm³/mol. The van der Waals surface area contributed by atoms with Gasteiger partial charge in [0.2, 0.25) is 0 Å². The Balaban J connectivity index is 1.42. The van der Waals surface area contributed by atoms with Gasteiger partial charge in [-0.2, -0.15) is 0 Å². The molecule has 0 aliphatic carbocycles. The van der Waals surface area contributed by atoms with Crippen LogP contribution in [0, 0.1) is 0 Å². The van der Waals surface area contributed by atoms with Crippen LogP contribution in [0.15, 0.2) is 36.7 Å². The highest BCUT2D eigenvalue weighted by molar-refractivity contribution is 6.30. The molecule has 0 amide bonds. The van der Waals surface area contributed by atoms with Crippen LogP contribution in [0.2, 0.25) is 5.02 Å². The number of aromatic amines is 1. The standard InChI is InChI=1S/C21H24ClN5/c1-2-3-4-20-23-12-18(25-20)14-27-10-9-19-16(13-27)11-24-21(26-19)15-5-7-17(22)8-6-15/h5-8,11-12H,2-4,9-10,13-14H2,1H3,(H,23,25). The van der Waals surface area contributed by atoms with E-state index in [0.29, 0.717) is 0 Å². The van der Waals surface area contributed by atoms with Crippen LogP contribution in [0.3, 0.4) is 0 Å². The lowest BCUT2D eigenvalue weighted by Crippen LogP contribution is -2.31. The zero-order valence-corrected chi connectivity index (χ0v) is 16.3. The summed E-state index contributed by atoms with van der Waals surface area (Å²) in [5, 5.41) is 0.726. The summed E-state index contributed by atoms with van der Waals surface area (Å²) in [5.41, 5.74) is 4.55. The Morgan fingerprint density at radius 3 is 2.81 bits per heavy atom. The van der Waals surface area contributed by atoms with Gasteiger partial charge < -0.3 is 4.98 Å². The zero-order chi connectivity index (χ0) is 18.6. The largest absolute Gasteiger partial charge is 0.345 e. The molecule has 4 rings (SSSR count). The highest BCUT2D eigenvalue weighted by Gasteiger charge is 2.19. The van der Waals surface area contributed by atoms with Crippen molar-refractivity contribution in [1.82, 2.24) is 24.8 Å². The number of benzene rings is 1. The van der Waals surface area contributed by atoms with E-state index in [1.165, 1.54) is 24.1 Å². The first kappa shape index (κ1) is 18.1. The summed E-state index contributed by atoms with van der Waals surface area (Å²) < 4.78 is 0. The number of hydrogen-bond acceptors (Lipinski definition) is 4. The molecule has 6 heteroatoms. The lowest BCUT2D eigenvalue weighted by atomic mass is 10.1. The maximum absolute atomic E-state index is 5.97. The number of nitrogens with one attached hydrogen (secondary N) is 1. The van der Waals surface area contributed by atoms with Crippen LogP contribution >= 0.6 is 11.6 Å². The van der Waals surface area contributed by atoms with E-state index >= 15 is 0 Å². The van der Waals surface area contributed by atoms with Gasteiger partial charge >= 0.3 is 0 Å². The normalized spacial score (nSPS) is 14.3. The van der Waals surface area contributed by atoms with Gasteiger partial charge in [-0.1, -0.05) is 24.9 Å². The third-order valence-corrected chi connectivity index (χ3v) is 5.21. The zero-order valence-electron chi connectivity index (χ0n) is 15.6. The molecule has 0 unspecified atom stereocenters. The quantitative estimate of drug-likeness (QED) is 0.686. The molecular formula is C21H24ClN5. The molecule has 0 fully saturated rings. The van der Waals surface area contributed by atoms with Crippen LogP contribution in [0.25, 0.3) is 11.4 Å². The number of nitrogens with zero attached hydrogens (tertiary/aromatic N) is 4. The second-order valence-electron chi connectivity index (χ2n) is 7.09. The molecule has 0 atom stereocenters. The maximum atomic E-state index is 5.97. The topological polar surface area (TPSA) is 57.7 Å². The molecule has 140 valence electrons. The highest BCUT2D eigenvalue weighted by Crippen LogP contribution is 2.23. The molecule has 0 saturated heterocycles. The predicted octanol–water partition coefficient (Wildman–Crippen LogP) is 4.42. The summed E-state index contributed by atoms with van der Waals surface area (Å²) in [6.07, 6.45) is 8.28. The third-order valence-electron chi connectivity index (χ3n) is 4.96. The third kappa shape index (κ3) is 4.37.